The Balaban J connectivity index is 1.21. The van der Waals surface area contributed by atoms with Crippen LogP contribution in [0.5, 0.6) is 0 Å². The minimum Gasteiger partial charge on any atom is -0.311 e. The van der Waals surface area contributed by atoms with Gasteiger partial charge in [0.25, 0.3) is 6.71 Å². The van der Waals surface area contributed by atoms with Crippen LogP contribution in [0.2, 0.25) is 0 Å². The summed E-state index contributed by atoms with van der Waals surface area (Å²) in [5, 5.41) is 0. The highest BCUT2D eigenvalue weighted by atomic mass is 15.2. The number of aryl methyl sites for hydroxylation is 1. The Morgan fingerprint density at radius 3 is 1.40 bits per heavy atom. The Bertz CT molecular complexity index is 3880. The predicted molar refractivity (Wildman–Crippen MR) is 344 cm³/mol. The molecule has 0 N–H and O–H groups in total. The molecule has 2 heterocycles. The molecule has 0 saturated carbocycles. The number of para-hydroxylation sites is 2. The van der Waals surface area contributed by atoms with Gasteiger partial charge in [0.15, 0.2) is 0 Å². The summed E-state index contributed by atoms with van der Waals surface area (Å²) in [6, 6.07) is 74.8. The van der Waals surface area contributed by atoms with Gasteiger partial charge in [0.05, 0.1) is 11.4 Å². The van der Waals surface area contributed by atoms with Crippen molar-refractivity contribution in [1.29, 1.82) is 0 Å². The normalized spacial score (nSPS) is 16.9. The van der Waals surface area contributed by atoms with Crippen molar-refractivity contribution in [2.45, 2.75) is 142 Å². The Morgan fingerprint density at radius 2 is 0.850 bits per heavy atom. The van der Waals surface area contributed by atoms with E-state index in [2.05, 4.69) is 306 Å². The fourth-order valence-corrected chi connectivity index (χ4v) is 15.5. The van der Waals surface area contributed by atoms with Crippen LogP contribution in [-0.2, 0) is 32.5 Å². The lowest BCUT2D eigenvalue weighted by Crippen LogP contribution is -2.61. The first-order valence-electron chi connectivity index (χ1n) is 29.4. The molecule has 0 bridgehead atoms. The number of nitrogens with zero attached hydrogens (tertiary/aromatic N) is 3. The van der Waals surface area contributed by atoms with Crippen molar-refractivity contribution in [1.82, 2.24) is 0 Å². The monoisotopic (exact) mass is 1040 g/mol. The third kappa shape index (κ3) is 8.13. The van der Waals surface area contributed by atoms with Gasteiger partial charge in [0, 0.05) is 50.8 Å². The van der Waals surface area contributed by atoms with Gasteiger partial charge < -0.3 is 14.7 Å². The van der Waals surface area contributed by atoms with Crippen molar-refractivity contribution in [3.8, 4) is 11.1 Å². The van der Waals surface area contributed by atoms with E-state index in [1.807, 2.05) is 0 Å². The van der Waals surface area contributed by atoms with Crippen molar-refractivity contribution in [2.75, 3.05) is 14.7 Å². The maximum Gasteiger partial charge on any atom is 0.252 e. The maximum absolute atomic E-state index is 2.72. The highest BCUT2D eigenvalue weighted by Crippen LogP contribution is 2.57. The van der Waals surface area contributed by atoms with Gasteiger partial charge in [-0.25, -0.2) is 0 Å². The number of anilines is 9. The average molecular weight is 1040 g/mol. The Kier molecular flexibility index (Phi) is 11.7. The summed E-state index contributed by atoms with van der Waals surface area (Å²) in [7, 11) is 0. The maximum atomic E-state index is 2.72. The first kappa shape index (κ1) is 51.9. The molecule has 80 heavy (non-hydrogen) atoms. The van der Waals surface area contributed by atoms with E-state index in [1.54, 1.807) is 0 Å². The van der Waals surface area contributed by atoms with E-state index in [-0.39, 0.29) is 39.2 Å². The van der Waals surface area contributed by atoms with Crippen LogP contribution in [0.15, 0.2) is 194 Å². The largest absolute Gasteiger partial charge is 0.311 e. The second-order valence-electron chi connectivity index (χ2n) is 28.2. The third-order valence-electron chi connectivity index (χ3n) is 19.1. The molecule has 13 rings (SSSR count). The SMILES string of the molecule is Cc1cc2c(cc1N1c3cc(C(C)(C)c4ccccc4)ccc3B3c4cc5c(cc4N(c4ccc(C(C)(C)C)cc4-c4ccccc4)c4cc(N(c6ccccc6)c6ccccc6)cc1c43)C(C)(C)CC5(C)C)C(C)(C)CC2(C)C. The number of benzene rings is 9. The topological polar surface area (TPSA) is 9.72 Å². The van der Waals surface area contributed by atoms with Gasteiger partial charge in [-0.15, -0.1) is 0 Å². The molecule has 4 heteroatoms. The predicted octanol–water partition coefficient (Wildman–Crippen LogP) is 18.8. The van der Waals surface area contributed by atoms with Crippen LogP contribution in [0.3, 0.4) is 0 Å². The van der Waals surface area contributed by atoms with Crippen LogP contribution in [0, 0.1) is 6.92 Å². The Morgan fingerprint density at radius 1 is 0.388 bits per heavy atom. The molecular formula is C76H78BN3. The summed E-state index contributed by atoms with van der Waals surface area (Å²) in [5.41, 5.74) is 27.8. The first-order chi connectivity index (χ1) is 37.9. The van der Waals surface area contributed by atoms with Crippen LogP contribution in [0.4, 0.5) is 51.2 Å². The van der Waals surface area contributed by atoms with E-state index in [0.29, 0.717) is 0 Å². The number of hydrogen-bond acceptors (Lipinski definition) is 3. The lowest BCUT2D eigenvalue weighted by atomic mass is 9.33. The van der Waals surface area contributed by atoms with E-state index in [0.717, 1.165) is 29.9 Å². The molecule has 9 aromatic carbocycles. The molecule has 2 aliphatic carbocycles. The number of hydrogen-bond donors (Lipinski definition) is 0. The number of rotatable bonds is 8. The molecule has 400 valence electrons. The second kappa shape index (κ2) is 18.0. The standard InChI is InChI=1S/C76H78BN3/c1-49-39-58-60(74(9,10)47-72(58,5)6)45-65(49)80-66-41-53(76(13,14)51-29-21-16-22-30-51)35-37-62(66)77-63-44-59-61(75(11,12)48-73(59,7)8)46-67(63)79(64-38-36-52(71(2,3)4)40-57(64)50-27-19-15-20-28-50)68-42-56(43-69(80)70(68)77)78(54-31-23-17-24-32-54)55-33-25-18-26-34-55/h15-46H,47-48H2,1-14H3. The summed E-state index contributed by atoms with van der Waals surface area (Å²) < 4.78 is 0. The van der Waals surface area contributed by atoms with Gasteiger partial charge in [-0.05, 0) is 180 Å². The molecule has 0 radical (unpaired) electrons. The van der Waals surface area contributed by atoms with Crippen molar-refractivity contribution in [2.24, 2.45) is 0 Å². The van der Waals surface area contributed by atoms with Crippen LogP contribution >= 0.6 is 0 Å². The molecule has 9 aromatic rings. The second-order valence-corrected chi connectivity index (χ2v) is 28.2. The molecule has 0 amide bonds. The lowest BCUT2D eigenvalue weighted by Gasteiger charge is -2.46. The number of fused-ring (bicyclic) bond motifs is 6. The lowest BCUT2D eigenvalue weighted by molar-refractivity contribution is 0.402. The smallest absolute Gasteiger partial charge is 0.252 e. The van der Waals surface area contributed by atoms with Gasteiger partial charge in [0.2, 0.25) is 0 Å². The van der Waals surface area contributed by atoms with Crippen LogP contribution < -0.4 is 31.1 Å². The van der Waals surface area contributed by atoms with Crippen molar-refractivity contribution < 1.29 is 0 Å². The van der Waals surface area contributed by atoms with Gasteiger partial charge in [0.1, 0.15) is 0 Å². The minimum atomic E-state index is -0.281. The third-order valence-corrected chi connectivity index (χ3v) is 19.1. The van der Waals surface area contributed by atoms with Crippen LogP contribution in [-0.4, -0.2) is 6.71 Å². The first-order valence-corrected chi connectivity index (χ1v) is 29.4. The molecule has 0 unspecified atom stereocenters. The molecule has 0 saturated heterocycles. The molecule has 2 aliphatic heterocycles. The van der Waals surface area contributed by atoms with E-state index in [9.17, 15) is 0 Å². The highest BCUT2D eigenvalue weighted by Gasteiger charge is 2.50. The van der Waals surface area contributed by atoms with Crippen molar-refractivity contribution in [3.63, 3.8) is 0 Å². The van der Waals surface area contributed by atoms with Gasteiger partial charge in [-0.2, -0.15) is 0 Å². The summed E-state index contributed by atoms with van der Waals surface area (Å²) in [6.45, 7) is 33.8. The van der Waals surface area contributed by atoms with Crippen LogP contribution in [0.25, 0.3) is 11.1 Å². The van der Waals surface area contributed by atoms with Crippen molar-refractivity contribution >= 4 is 74.3 Å². The molecule has 0 aromatic heterocycles. The summed E-state index contributed by atoms with van der Waals surface area (Å²) >= 11 is 0. The van der Waals surface area contributed by atoms with Crippen molar-refractivity contribution in [3.05, 3.63) is 239 Å². The fraction of sp³-hybridized carbons (Fsp3) is 0.289. The van der Waals surface area contributed by atoms with E-state index < -0.39 is 0 Å². The van der Waals surface area contributed by atoms with Gasteiger partial charge in [-0.3, -0.25) is 0 Å². The Labute approximate surface area is 478 Å². The zero-order valence-electron chi connectivity index (χ0n) is 49.8. The zero-order chi connectivity index (χ0) is 56.1. The summed E-state index contributed by atoms with van der Waals surface area (Å²) in [5.74, 6) is 0. The van der Waals surface area contributed by atoms with E-state index in [1.165, 1.54) is 106 Å². The molecular weight excluding hydrogens is 966 g/mol. The Hall–Kier alpha value is -7.56. The zero-order valence-corrected chi connectivity index (χ0v) is 49.8. The molecule has 0 spiro atoms. The highest BCUT2D eigenvalue weighted by molar-refractivity contribution is 7.00. The fourth-order valence-electron chi connectivity index (χ4n) is 15.5. The molecule has 0 atom stereocenters. The van der Waals surface area contributed by atoms with Crippen LogP contribution in [0.1, 0.15) is 147 Å². The van der Waals surface area contributed by atoms with Gasteiger partial charge >= 0.3 is 0 Å². The molecule has 0 fully saturated rings. The average Bonchev–Trinajstić information content (AvgIpc) is 3.84. The molecule has 3 nitrogen and oxygen atoms in total. The summed E-state index contributed by atoms with van der Waals surface area (Å²) in [4.78, 5) is 7.91. The quantitative estimate of drug-likeness (QED) is 0.140. The van der Waals surface area contributed by atoms with E-state index >= 15 is 0 Å². The van der Waals surface area contributed by atoms with E-state index in [4.69, 9.17) is 0 Å². The minimum absolute atomic E-state index is 0.0119. The van der Waals surface area contributed by atoms with Gasteiger partial charge in [-0.1, -0.05) is 217 Å². The summed E-state index contributed by atoms with van der Waals surface area (Å²) in [6.07, 6.45) is 2.18. The molecule has 4 aliphatic rings.